The van der Waals surface area contributed by atoms with E-state index in [1.807, 2.05) is 37.3 Å². The van der Waals surface area contributed by atoms with Gasteiger partial charge in [0, 0.05) is 21.7 Å². The maximum absolute atomic E-state index is 12.7. The van der Waals surface area contributed by atoms with Crippen molar-refractivity contribution in [1.82, 2.24) is 5.32 Å². The molecule has 184 valence electrons. The van der Waals surface area contributed by atoms with Crippen molar-refractivity contribution in [3.05, 3.63) is 111 Å². The fraction of sp³-hybridized carbons (Fsp3) is 0.0357. The zero-order valence-electron chi connectivity index (χ0n) is 19.3. The largest absolute Gasteiger partial charge is 0.451 e. The molecule has 2 N–H and O–H groups in total. The Morgan fingerprint density at radius 2 is 1.70 bits per heavy atom. The molecule has 5 rings (SSSR count). The maximum atomic E-state index is 12.7. The molecule has 2 aromatic heterocycles. The smallest absolute Gasteiger partial charge is 0.344 e. The Morgan fingerprint density at radius 1 is 0.892 bits per heavy atom. The number of benzene rings is 3. The number of anilines is 1. The van der Waals surface area contributed by atoms with Gasteiger partial charge in [0.05, 0.1) is 10.6 Å². The van der Waals surface area contributed by atoms with E-state index >= 15 is 0 Å². The summed E-state index contributed by atoms with van der Waals surface area (Å²) in [5.41, 5.74) is 3.24. The zero-order valence-corrected chi connectivity index (χ0v) is 21.6. The molecule has 0 fully saturated rings. The Morgan fingerprint density at radius 3 is 2.51 bits per heavy atom. The molecule has 37 heavy (non-hydrogen) atoms. The third kappa shape index (κ3) is 5.29. The van der Waals surface area contributed by atoms with Gasteiger partial charge in [0.25, 0.3) is 5.91 Å². The molecule has 0 spiro atoms. The van der Waals surface area contributed by atoms with Crippen molar-refractivity contribution in [2.75, 3.05) is 5.32 Å². The van der Waals surface area contributed by atoms with E-state index in [1.165, 1.54) is 6.07 Å². The second-order valence-electron chi connectivity index (χ2n) is 8.21. The fourth-order valence-corrected chi connectivity index (χ4v) is 4.50. The molecule has 5 aromatic rings. The van der Waals surface area contributed by atoms with Gasteiger partial charge in [-0.15, -0.1) is 0 Å². The standard InChI is InChI=1S/C28H18Cl2N2O4S/c1-15-6-7-16(20-12-17-4-2-3-5-23(17)36-27(20)34)13-22(15)31-28(37)32-26(33)25-11-10-24(35-25)19-9-8-18(29)14-21(19)30/h2-14H,1H3,(H2,31,32,33,37). The van der Waals surface area contributed by atoms with Crippen LogP contribution in [0.2, 0.25) is 10.0 Å². The Hall–Kier alpha value is -3.91. The van der Waals surface area contributed by atoms with E-state index in [1.54, 1.807) is 42.5 Å². The van der Waals surface area contributed by atoms with Gasteiger partial charge in [-0.2, -0.15) is 0 Å². The van der Waals surface area contributed by atoms with Crippen LogP contribution in [0.25, 0.3) is 33.4 Å². The van der Waals surface area contributed by atoms with Crippen molar-refractivity contribution in [2.24, 2.45) is 0 Å². The first kappa shape index (κ1) is 24.8. The Labute approximate surface area is 226 Å². The molecule has 0 bridgehead atoms. The average molecular weight is 549 g/mol. The summed E-state index contributed by atoms with van der Waals surface area (Å²) in [7, 11) is 0. The van der Waals surface area contributed by atoms with Crippen LogP contribution in [0.3, 0.4) is 0 Å². The number of furan rings is 1. The van der Waals surface area contributed by atoms with Gasteiger partial charge in [-0.3, -0.25) is 10.1 Å². The number of rotatable bonds is 4. The highest BCUT2D eigenvalue weighted by Crippen LogP contribution is 2.31. The summed E-state index contributed by atoms with van der Waals surface area (Å²) in [5.74, 6) is -0.0503. The first-order valence-electron chi connectivity index (χ1n) is 11.1. The number of fused-ring (bicyclic) bond motifs is 1. The number of carbonyl (C=O) groups is 1. The van der Waals surface area contributed by atoms with Gasteiger partial charge in [-0.25, -0.2) is 4.79 Å². The summed E-state index contributed by atoms with van der Waals surface area (Å²) in [6.07, 6.45) is 0. The van der Waals surface area contributed by atoms with Gasteiger partial charge in [0.15, 0.2) is 10.9 Å². The summed E-state index contributed by atoms with van der Waals surface area (Å²) in [6.45, 7) is 1.88. The van der Waals surface area contributed by atoms with Crippen LogP contribution in [-0.2, 0) is 0 Å². The molecule has 0 radical (unpaired) electrons. The number of carbonyl (C=O) groups excluding carboxylic acids is 1. The van der Waals surface area contributed by atoms with E-state index in [4.69, 9.17) is 44.3 Å². The van der Waals surface area contributed by atoms with Crippen LogP contribution in [0.5, 0.6) is 0 Å². The molecule has 2 heterocycles. The van der Waals surface area contributed by atoms with E-state index in [-0.39, 0.29) is 10.9 Å². The second kappa shape index (κ2) is 10.2. The number of hydrogen-bond donors (Lipinski definition) is 2. The third-order valence-electron chi connectivity index (χ3n) is 5.69. The summed E-state index contributed by atoms with van der Waals surface area (Å²) in [6, 6.07) is 22.7. The maximum Gasteiger partial charge on any atom is 0.344 e. The highest BCUT2D eigenvalue weighted by Gasteiger charge is 2.16. The number of nitrogens with one attached hydrogen (secondary N) is 2. The number of para-hydroxylation sites is 1. The number of amides is 1. The molecule has 9 heteroatoms. The van der Waals surface area contributed by atoms with Gasteiger partial charge in [0.2, 0.25) is 0 Å². The van der Waals surface area contributed by atoms with Gasteiger partial charge in [-0.1, -0.05) is 53.5 Å². The topological polar surface area (TPSA) is 84.5 Å². The van der Waals surface area contributed by atoms with Crippen molar-refractivity contribution in [1.29, 1.82) is 0 Å². The second-order valence-corrected chi connectivity index (χ2v) is 9.46. The molecule has 0 saturated carbocycles. The van der Waals surface area contributed by atoms with E-state index < -0.39 is 11.5 Å². The predicted octanol–water partition coefficient (Wildman–Crippen LogP) is 7.46. The molecular weight excluding hydrogens is 531 g/mol. The Kier molecular flexibility index (Phi) is 6.84. The Bertz CT molecular complexity index is 1740. The van der Waals surface area contributed by atoms with Gasteiger partial charge >= 0.3 is 5.63 Å². The minimum Gasteiger partial charge on any atom is -0.451 e. The minimum atomic E-state index is -0.530. The van der Waals surface area contributed by atoms with Gasteiger partial charge in [0.1, 0.15) is 11.3 Å². The molecular formula is C28H18Cl2N2O4S. The lowest BCUT2D eigenvalue weighted by Gasteiger charge is -2.13. The van der Waals surface area contributed by atoms with Crippen molar-refractivity contribution in [2.45, 2.75) is 6.92 Å². The average Bonchev–Trinajstić information content (AvgIpc) is 3.35. The van der Waals surface area contributed by atoms with E-state index in [2.05, 4.69) is 10.6 Å². The Balaban J connectivity index is 1.33. The molecule has 3 aromatic carbocycles. The van der Waals surface area contributed by atoms with Crippen LogP contribution in [0.4, 0.5) is 5.69 Å². The molecule has 1 amide bonds. The molecule has 0 atom stereocenters. The highest BCUT2D eigenvalue weighted by molar-refractivity contribution is 7.80. The number of aryl methyl sites for hydroxylation is 1. The van der Waals surface area contributed by atoms with Gasteiger partial charge in [-0.05, 0) is 78.8 Å². The quantitative estimate of drug-likeness (QED) is 0.179. The van der Waals surface area contributed by atoms with E-state index in [0.29, 0.717) is 43.8 Å². The molecule has 0 aliphatic rings. The van der Waals surface area contributed by atoms with Crippen LogP contribution >= 0.6 is 35.4 Å². The summed E-state index contributed by atoms with van der Waals surface area (Å²) in [4.78, 5) is 25.3. The molecule has 0 aliphatic carbocycles. The first-order chi connectivity index (χ1) is 17.8. The molecule has 6 nitrogen and oxygen atoms in total. The lowest BCUT2D eigenvalue weighted by Crippen LogP contribution is -2.34. The first-order valence-corrected chi connectivity index (χ1v) is 12.3. The molecule has 0 aliphatic heterocycles. The van der Waals surface area contributed by atoms with Crippen LogP contribution in [0.15, 0.2) is 92.5 Å². The third-order valence-corrected chi connectivity index (χ3v) is 6.44. The monoisotopic (exact) mass is 548 g/mol. The van der Waals surface area contributed by atoms with Gasteiger partial charge < -0.3 is 14.2 Å². The lowest BCUT2D eigenvalue weighted by molar-refractivity contribution is 0.0951. The summed E-state index contributed by atoms with van der Waals surface area (Å²) in [5, 5.41) is 7.41. The normalized spacial score (nSPS) is 10.9. The molecule has 0 unspecified atom stereocenters. The summed E-state index contributed by atoms with van der Waals surface area (Å²) < 4.78 is 11.1. The highest BCUT2D eigenvalue weighted by atomic mass is 35.5. The number of thiocarbonyl (C=S) groups is 1. The van der Waals surface area contributed by atoms with E-state index in [9.17, 15) is 9.59 Å². The zero-order chi connectivity index (χ0) is 26.1. The fourth-order valence-electron chi connectivity index (χ4n) is 3.80. The number of halogens is 2. The van der Waals surface area contributed by atoms with Crippen molar-refractivity contribution in [3.63, 3.8) is 0 Å². The van der Waals surface area contributed by atoms with Crippen LogP contribution in [0, 0.1) is 6.92 Å². The summed E-state index contributed by atoms with van der Waals surface area (Å²) >= 11 is 17.5. The SMILES string of the molecule is Cc1ccc(-c2cc3ccccc3oc2=O)cc1NC(=S)NC(=O)c1ccc(-c2ccc(Cl)cc2Cl)o1. The minimum absolute atomic E-state index is 0.0596. The van der Waals surface area contributed by atoms with E-state index in [0.717, 1.165) is 10.9 Å². The number of hydrogen-bond acceptors (Lipinski definition) is 5. The van der Waals surface area contributed by atoms with Crippen molar-refractivity contribution < 1.29 is 13.6 Å². The molecule has 0 saturated heterocycles. The lowest BCUT2D eigenvalue weighted by atomic mass is 10.0. The predicted molar refractivity (Wildman–Crippen MR) is 151 cm³/mol. The van der Waals surface area contributed by atoms with Crippen LogP contribution in [0.1, 0.15) is 16.1 Å². The van der Waals surface area contributed by atoms with Crippen LogP contribution < -0.4 is 16.3 Å². The van der Waals surface area contributed by atoms with Crippen molar-refractivity contribution in [3.8, 4) is 22.5 Å². The van der Waals surface area contributed by atoms with Crippen LogP contribution in [-0.4, -0.2) is 11.0 Å². The van der Waals surface area contributed by atoms with Crippen molar-refractivity contribution >= 4 is 63.1 Å².